The Bertz CT molecular complexity index is 963. The van der Waals surface area contributed by atoms with Gasteiger partial charge in [0.05, 0.1) is 11.4 Å². The zero-order valence-electron chi connectivity index (χ0n) is 14.7. The minimum Gasteiger partial charge on any atom is -0.492 e. The third-order valence-corrected chi connectivity index (χ3v) is 5.07. The van der Waals surface area contributed by atoms with Crippen LogP contribution in [0.25, 0.3) is 16.2 Å². The Balaban J connectivity index is 1.48. The Kier molecular flexibility index (Phi) is 5.00. The van der Waals surface area contributed by atoms with E-state index < -0.39 is 0 Å². The van der Waals surface area contributed by atoms with E-state index in [0.29, 0.717) is 6.61 Å². The quantitative estimate of drug-likeness (QED) is 0.482. The van der Waals surface area contributed by atoms with Crippen molar-refractivity contribution in [3.63, 3.8) is 0 Å². The second-order valence-corrected chi connectivity index (χ2v) is 7.10. The Morgan fingerprint density at radius 2 is 1.77 bits per heavy atom. The number of rotatable bonds is 7. The third kappa shape index (κ3) is 3.64. The van der Waals surface area contributed by atoms with Crippen molar-refractivity contribution in [1.82, 2.24) is 14.3 Å². The van der Waals surface area contributed by atoms with Crippen LogP contribution in [-0.2, 0) is 6.54 Å². The molecule has 0 aliphatic rings. The van der Waals surface area contributed by atoms with Crippen LogP contribution in [0.3, 0.4) is 0 Å². The molecule has 0 amide bonds. The number of thiazole rings is 1. The fraction of sp³-hybridized carbons (Fsp3) is 0.190. The molecular formula is C21H21N3OS. The summed E-state index contributed by atoms with van der Waals surface area (Å²) in [6.07, 6.45) is 2.10. The number of aromatic nitrogens is 2. The lowest BCUT2D eigenvalue weighted by molar-refractivity contribution is 0.231. The molecule has 2 aromatic carbocycles. The predicted octanol–water partition coefficient (Wildman–Crippen LogP) is 4.57. The lowest BCUT2D eigenvalue weighted by Crippen LogP contribution is -2.24. The molecule has 2 aromatic heterocycles. The van der Waals surface area contributed by atoms with Crippen molar-refractivity contribution in [1.29, 1.82) is 0 Å². The summed E-state index contributed by atoms with van der Waals surface area (Å²) in [5.41, 5.74) is 3.44. The van der Waals surface area contributed by atoms with Gasteiger partial charge in [0.15, 0.2) is 4.96 Å². The first-order valence-electron chi connectivity index (χ1n) is 8.67. The topological polar surface area (TPSA) is 29.8 Å². The Hall–Kier alpha value is -2.63. The van der Waals surface area contributed by atoms with Gasteiger partial charge in [0.2, 0.25) is 0 Å². The number of nitrogens with zero attached hydrogens (tertiary/aromatic N) is 3. The highest BCUT2D eigenvalue weighted by Gasteiger charge is 2.16. The number of fused-ring (bicyclic) bond motifs is 1. The summed E-state index contributed by atoms with van der Waals surface area (Å²) in [5.74, 6) is 0.912. The van der Waals surface area contributed by atoms with Crippen molar-refractivity contribution >= 4 is 16.3 Å². The van der Waals surface area contributed by atoms with Gasteiger partial charge in [-0.3, -0.25) is 9.30 Å². The lowest BCUT2D eigenvalue weighted by Gasteiger charge is -2.17. The van der Waals surface area contributed by atoms with Crippen LogP contribution in [0.5, 0.6) is 5.75 Å². The van der Waals surface area contributed by atoms with Gasteiger partial charge in [0, 0.05) is 30.2 Å². The molecule has 0 bridgehead atoms. The highest BCUT2D eigenvalue weighted by molar-refractivity contribution is 7.15. The molecule has 4 aromatic rings. The molecule has 0 aliphatic heterocycles. The summed E-state index contributed by atoms with van der Waals surface area (Å²) in [6.45, 7) is 2.33. The zero-order chi connectivity index (χ0) is 17.8. The number of hydrogen-bond acceptors (Lipinski definition) is 4. The predicted molar refractivity (Wildman–Crippen MR) is 107 cm³/mol. The van der Waals surface area contributed by atoms with Gasteiger partial charge in [0.1, 0.15) is 12.4 Å². The number of benzene rings is 2. The molecule has 0 N–H and O–H groups in total. The maximum atomic E-state index is 5.82. The number of ether oxygens (including phenoxy) is 1. The van der Waals surface area contributed by atoms with Gasteiger partial charge in [-0.15, -0.1) is 11.3 Å². The molecule has 5 heteroatoms. The Morgan fingerprint density at radius 3 is 2.54 bits per heavy atom. The standard InChI is InChI=1S/C21H21N3OS/c1-23(12-14-25-18-10-6-3-7-11-18)16-19-20(17-8-4-2-5-9-17)22-21-24(19)13-15-26-21/h2-11,13,15H,12,14,16H2,1H3. The minimum atomic E-state index is 0.659. The molecule has 0 saturated carbocycles. The molecule has 26 heavy (non-hydrogen) atoms. The fourth-order valence-electron chi connectivity index (χ4n) is 2.98. The first-order chi connectivity index (χ1) is 12.8. The molecule has 0 fully saturated rings. The smallest absolute Gasteiger partial charge is 0.194 e. The van der Waals surface area contributed by atoms with Crippen LogP contribution in [0, 0.1) is 0 Å². The van der Waals surface area contributed by atoms with Gasteiger partial charge >= 0.3 is 0 Å². The monoisotopic (exact) mass is 363 g/mol. The van der Waals surface area contributed by atoms with Crippen LogP contribution in [0.1, 0.15) is 5.69 Å². The summed E-state index contributed by atoms with van der Waals surface area (Å²) in [7, 11) is 2.12. The molecule has 4 rings (SSSR count). The van der Waals surface area contributed by atoms with Gasteiger partial charge in [0.25, 0.3) is 0 Å². The average molecular weight is 363 g/mol. The molecule has 132 valence electrons. The number of hydrogen-bond donors (Lipinski definition) is 0. The minimum absolute atomic E-state index is 0.659. The van der Waals surface area contributed by atoms with E-state index in [1.165, 1.54) is 5.69 Å². The van der Waals surface area contributed by atoms with Crippen molar-refractivity contribution in [2.45, 2.75) is 6.54 Å². The van der Waals surface area contributed by atoms with Crippen molar-refractivity contribution in [2.24, 2.45) is 0 Å². The van der Waals surface area contributed by atoms with E-state index in [-0.39, 0.29) is 0 Å². The first kappa shape index (κ1) is 16.8. The van der Waals surface area contributed by atoms with Gasteiger partial charge in [-0.1, -0.05) is 48.5 Å². The third-order valence-electron chi connectivity index (χ3n) is 4.31. The molecule has 0 aliphatic carbocycles. The van der Waals surface area contributed by atoms with Crippen molar-refractivity contribution in [3.8, 4) is 17.0 Å². The highest BCUT2D eigenvalue weighted by Crippen LogP contribution is 2.27. The maximum Gasteiger partial charge on any atom is 0.194 e. The Labute approximate surface area is 157 Å². The van der Waals surface area contributed by atoms with E-state index in [0.717, 1.165) is 35.1 Å². The highest BCUT2D eigenvalue weighted by atomic mass is 32.1. The van der Waals surface area contributed by atoms with Crippen LogP contribution < -0.4 is 4.74 Å². The molecule has 0 unspecified atom stereocenters. The van der Waals surface area contributed by atoms with E-state index in [2.05, 4.69) is 52.2 Å². The van der Waals surface area contributed by atoms with Crippen LogP contribution >= 0.6 is 11.3 Å². The van der Waals surface area contributed by atoms with Gasteiger partial charge in [-0.2, -0.15) is 0 Å². The van der Waals surface area contributed by atoms with E-state index in [1.807, 2.05) is 36.4 Å². The zero-order valence-corrected chi connectivity index (χ0v) is 15.5. The molecular weight excluding hydrogens is 342 g/mol. The van der Waals surface area contributed by atoms with Crippen molar-refractivity contribution < 1.29 is 4.74 Å². The lowest BCUT2D eigenvalue weighted by atomic mass is 10.1. The van der Waals surface area contributed by atoms with Crippen LogP contribution in [0.4, 0.5) is 0 Å². The fourth-order valence-corrected chi connectivity index (χ4v) is 3.71. The summed E-state index contributed by atoms with van der Waals surface area (Å²) < 4.78 is 8.02. The second kappa shape index (κ2) is 7.72. The molecule has 0 atom stereocenters. The summed E-state index contributed by atoms with van der Waals surface area (Å²) >= 11 is 1.67. The summed E-state index contributed by atoms with van der Waals surface area (Å²) in [5, 5.41) is 2.08. The molecule has 4 nitrogen and oxygen atoms in total. The number of para-hydroxylation sites is 1. The molecule has 0 radical (unpaired) electrons. The van der Waals surface area contributed by atoms with E-state index in [9.17, 15) is 0 Å². The summed E-state index contributed by atoms with van der Waals surface area (Å²) in [4.78, 5) is 8.16. The van der Waals surface area contributed by atoms with Crippen LogP contribution in [0.15, 0.2) is 72.2 Å². The van der Waals surface area contributed by atoms with E-state index >= 15 is 0 Å². The van der Waals surface area contributed by atoms with Gasteiger partial charge in [-0.25, -0.2) is 4.98 Å². The van der Waals surface area contributed by atoms with Gasteiger partial charge < -0.3 is 4.74 Å². The van der Waals surface area contributed by atoms with E-state index in [4.69, 9.17) is 9.72 Å². The number of likely N-dealkylation sites (N-methyl/N-ethyl adjacent to an activating group) is 1. The SMILES string of the molecule is CN(CCOc1ccccc1)Cc1c(-c2ccccc2)nc2sccn12. The second-order valence-electron chi connectivity index (χ2n) is 6.23. The van der Waals surface area contributed by atoms with Crippen molar-refractivity contribution in [2.75, 3.05) is 20.2 Å². The van der Waals surface area contributed by atoms with Gasteiger partial charge in [-0.05, 0) is 19.2 Å². The first-order valence-corrected chi connectivity index (χ1v) is 9.55. The molecule has 2 heterocycles. The Morgan fingerprint density at radius 1 is 1.04 bits per heavy atom. The molecule has 0 spiro atoms. The maximum absolute atomic E-state index is 5.82. The number of imidazole rings is 1. The van der Waals surface area contributed by atoms with Crippen LogP contribution in [0.2, 0.25) is 0 Å². The van der Waals surface area contributed by atoms with Crippen molar-refractivity contribution in [3.05, 3.63) is 77.9 Å². The largest absolute Gasteiger partial charge is 0.492 e. The van der Waals surface area contributed by atoms with E-state index in [1.54, 1.807) is 11.3 Å². The van der Waals surface area contributed by atoms with Crippen LogP contribution in [-0.4, -0.2) is 34.5 Å². The molecule has 0 saturated heterocycles. The summed E-state index contributed by atoms with van der Waals surface area (Å²) in [6, 6.07) is 20.3. The average Bonchev–Trinajstić information content (AvgIpc) is 3.26. The normalized spacial score (nSPS) is 11.3.